The average Bonchev–Trinajstić information content (AvgIpc) is 3.64. The fraction of sp³-hybridized carbons (Fsp3) is 0.312. The average molecular weight is 523 g/mol. The van der Waals surface area contributed by atoms with Crippen LogP contribution in [0, 0.1) is 20.8 Å². The van der Waals surface area contributed by atoms with Crippen molar-refractivity contribution >= 4 is 23.0 Å². The summed E-state index contributed by atoms with van der Waals surface area (Å²) in [6, 6.07) is 25.3. The van der Waals surface area contributed by atoms with Crippen molar-refractivity contribution in [1.29, 1.82) is 0 Å². The summed E-state index contributed by atoms with van der Waals surface area (Å²) in [7, 11) is 0. The molecule has 2 aliphatic rings. The van der Waals surface area contributed by atoms with E-state index in [4.69, 9.17) is 21.9 Å². The number of aromatic nitrogens is 2. The lowest BCUT2D eigenvalue weighted by atomic mass is 9.96. The van der Waals surface area contributed by atoms with E-state index in [2.05, 4.69) is 72.0 Å². The summed E-state index contributed by atoms with van der Waals surface area (Å²) in [5.74, 6) is 1.63. The van der Waals surface area contributed by atoms with E-state index in [1.165, 1.54) is 48.2 Å². The van der Waals surface area contributed by atoms with Gasteiger partial charge in [-0.05, 0) is 106 Å². The highest BCUT2D eigenvalue weighted by Crippen LogP contribution is 2.45. The zero-order valence-corrected chi connectivity index (χ0v) is 23.0. The van der Waals surface area contributed by atoms with Gasteiger partial charge in [-0.25, -0.2) is 0 Å². The van der Waals surface area contributed by atoms with E-state index in [9.17, 15) is 0 Å². The number of aryl methyl sites for hydroxylation is 2. The maximum atomic E-state index is 6.09. The zero-order chi connectivity index (χ0) is 26.2. The highest BCUT2D eigenvalue weighted by Gasteiger charge is 2.42. The second kappa shape index (κ2) is 10.3. The fourth-order valence-corrected chi connectivity index (χ4v) is 6.54. The lowest BCUT2D eigenvalue weighted by Gasteiger charge is -2.28. The summed E-state index contributed by atoms with van der Waals surface area (Å²) < 4.78 is 8.66. The number of hydrogen-bond donors (Lipinski definition) is 1. The second-order valence-corrected chi connectivity index (χ2v) is 10.9. The Balaban J connectivity index is 1.37. The van der Waals surface area contributed by atoms with Crippen LogP contribution >= 0.6 is 12.2 Å². The molecule has 0 bridgehead atoms. The normalized spacial score (nSPS) is 19.7. The molecular formula is C32H34N4OS. The molecule has 3 heterocycles. The molecule has 5 nitrogen and oxygen atoms in total. The monoisotopic (exact) mass is 522 g/mol. The first kappa shape index (κ1) is 24.7. The first-order chi connectivity index (χ1) is 18.5. The van der Waals surface area contributed by atoms with Crippen molar-refractivity contribution in [3.8, 4) is 11.5 Å². The van der Waals surface area contributed by atoms with Crippen molar-refractivity contribution in [3.63, 3.8) is 0 Å². The van der Waals surface area contributed by atoms with Crippen LogP contribution in [0.2, 0.25) is 0 Å². The van der Waals surface area contributed by atoms with Crippen LogP contribution in [0.1, 0.15) is 72.0 Å². The maximum Gasteiger partial charge on any atom is 0.174 e. The Morgan fingerprint density at radius 3 is 2.24 bits per heavy atom. The van der Waals surface area contributed by atoms with Gasteiger partial charge >= 0.3 is 0 Å². The molecule has 2 atom stereocenters. The largest absolute Gasteiger partial charge is 0.457 e. The first-order valence-electron chi connectivity index (χ1n) is 13.5. The Kier molecular flexibility index (Phi) is 6.66. The highest BCUT2D eigenvalue weighted by atomic mass is 32.1. The molecule has 0 amide bonds. The van der Waals surface area contributed by atoms with E-state index in [1.54, 1.807) is 0 Å². The van der Waals surface area contributed by atoms with Gasteiger partial charge in [0.25, 0.3) is 0 Å². The van der Waals surface area contributed by atoms with Gasteiger partial charge in [0.15, 0.2) is 5.11 Å². The molecule has 1 aliphatic carbocycles. The Morgan fingerprint density at radius 1 is 0.895 bits per heavy atom. The quantitative estimate of drug-likeness (QED) is 0.261. The highest BCUT2D eigenvalue weighted by molar-refractivity contribution is 7.80. The molecule has 2 fully saturated rings. The third-order valence-electron chi connectivity index (χ3n) is 8.00. The van der Waals surface area contributed by atoms with Crippen molar-refractivity contribution < 1.29 is 4.74 Å². The molecular weight excluding hydrogens is 488 g/mol. The number of nitrogens with zero attached hydrogens (tertiary/aromatic N) is 3. The number of nitrogens with one attached hydrogen (secondary N) is 1. The van der Waals surface area contributed by atoms with Crippen LogP contribution in [0.15, 0.2) is 79.0 Å². The maximum absolute atomic E-state index is 6.09. The number of pyridine rings is 1. The molecule has 38 heavy (non-hydrogen) atoms. The van der Waals surface area contributed by atoms with Crippen molar-refractivity contribution in [3.05, 3.63) is 107 Å². The Bertz CT molecular complexity index is 1420. The molecule has 0 spiro atoms. The summed E-state index contributed by atoms with van der Waals surface area (Å²) in [6.07, 6.45) is 7.00. The molecule has 4 aromatic rings. The summed E-state index contributed by atoms with van der Waals surface area (Å²) in [6.45, 7) is 6.59. The number of rotatable bonds is 6. The van der Waals surface area contributed by atoms with Crippen LogP contribution in [-0.2, 0) is 0 Å². The fourth-order valence-electron chi connectivity index (χ4n) is 6.19. The van der Waals surface area contributed by atoms with Gasteiger partial charge in [-0.3, -0.25) is 4.98 Å². The number of anilines is 1. The predicted octanol–water partition coefficient (Wildman–Crippen LogP) is 7.89. The first-order valence-corrected chi connectivity index (χ1v) is 13.9. The van der Waals surface area contributed by atoms with Crippen LogP contribution in [0.25, 0.3) is 0 Å². The zero-order valence-electron chi connectivity index (χ0n) is 22.2. The van der Waals surface area contributed by atoms with Crippen molar-refractivity contribution in [2.75, 3.05) is 4.90 Å². The van der Waals surface area contributed by atoms with Crippen molar-refractivity contribution in [1.82, 2.24) is 14.9 Å². The topological polar surface area (TPSA) is 42.3 Å². The lowest BCUT2D eigenvalue weighted by Crippen LogP contribution is -2.29. The molecule has 2 aromatic carbocycles. The number of benzene rings is 2. The van der Waals surface area contributed by atoms with Gasteiger partial charge in [-0.1, -0.05) is 36.6 Å². The van der Waals surface area contributed by atoms with Crippen LogP contribution < -0.4 is 15.0 Å². The Labute approximate surface area is 230 Å². The third kappa shape index (κ3) is 4.58. The van der Waals surface area contributed by atoms with Gasteiger partial charge in [0.2, 0.25) is 0 Å². The van der Waals surface area contributed by atoms with Crippen LogP contribution in [0.4, 0.5) is 5.69 Å². The van der Waals surface area contributed by atoms with E-state index in [-0.39, 0.29) is 12.1 Å². The van der Waals surface area contributed by atoms with Crippen molar-refractivity contribution in [2.45, 2.75) is 64.6 Å². The molecule has 1 N–H and O–H groups in total. The van der Waals surface area contributed by atoms with Gasteiger partial charge in [0.05, 0.1) is 17.8 Å². The molecule has 2 aromatic heterocycles. The Hall–Kier alpha value is -3.64. The van der Waals surface area contributed by atoms with E-state index < -0.39 is 0 Å². The molecule has 6 heteroatoms. The van der Waals surface area contributed by atoms with E-state index in [1.807, 2.05) is 42.6 Å². The number of thiocarbonyl (C=S) groups is 1. The summed E-state index contributed by atoms with van der Waals surface area (Å²) in [5.41, 5.74) is 7.20. The molecule has 0 unspecified atom stereocenters. The van der Waals surface area contributed by atoms with E-state index >= 15 is 0 Å². The summed E-state index contributed by atoms with van der Waals surface area (Å²) in [4.78, 5) is 6.98. The smallest absolute Gasteiger partial charge is 0.174 e. The van der Waals surface area contributed by atoms with Gasteiger partial charge in [-0.2, -0.15) is 0 Å². The minimum atomic E-state index is -0.0512. The van der Waals surface area contributed by atoms with Gasteiger partial charge in [-0.15, -0.1) is 0 Å². The standard InChI is InChI=1S/C32H34N4OS/c1-21-11-15-26(16-12-21)37-27-17-13-25(14-18-27)36-31(30(34-32(36)38)29-10-6-7-19-33-29)28-20-22(2)35(23(28)3)24-8-4-5-9-24/h6-7,10-20,24,30-31H,4-5,8-9H2,1-3H3,(H,34,38)/t30-,31-/m1/s1. The minimum absolute atomic E-state index is 0.0115. The van der Waals surface area contributed by atoms with Gasteiger partial charge in [0, 0.05) is 29.3 Å². The molecule has 1 aliphatic heterocycles. The predicted molar refractivity (Wildman–Crippen MR) is 157 cm³/mol. The molecule has 1 saturated carbocycles. The summed E-state index contributed by atoms with van der Waals surface area (Å²) >= 11 is 5.97. The minimum Gasteiger partial charge on any atom is -0.457 e. The molecule has 194 valence electrons. The SMILES string of the molecule is Cc1ccc(Oc2ccc(N3C(=S)N[C@H](c4ccccn4)[C@H]3c3cc(C)n(C4CCCC4)c3C)cc2)cc1. The van der Waals surface area contributed by atoms with Crippen molar-refractivity contribution in [2.24, 2.45) is 0 Å². The summed E-state index contributed by atoms with van der Waals surface area (Å²) in [5, 5.41) is 4.32. The number of hydrogen-bond acceptors (Lipinski definition) is 3. The second-order valence-electron chi connectivity index (χ2n) is 10.5. The van der Waals surface area contributed by atoms with Gasteiger partial charge < -0.3 is 19.5 Å². The van der Waals surface area contributed by atoms with E-state index in [0.717, 1.165) is 22.9 Å². The van der Waals surface area contributed by atoms with E-state index in [0.29, 0.717) is 11.2 Å². The lowest BCUT2D eigenvalue weighted by molar-refractivity contribution is 0.482. The molecule has 1 saturated heterocycles. The van der Waals surface area contributed by atoms with Gasteiger partial charge in [0.1, 0.15) is 11.5 Å². The number of ether oxygens (including phenoxy) is 1. The molecule has 0 radical (unpaired) electrons. The van der Waals surface area contributed by atoms with Crippen LogP contribution in [0.3, 0.4) is 0 Å². The third-order valence-corrected chi connectivity index (χ3v) is 8.32. The van der Waals surface area contributed by atoms with Crippen LogP contribution in [-0.4, -0.2) is 14.7 Å². The Morgan fingerprint density at radius 2 is 1.58 bits per heavy atom. The van der Waals surface area contributed by atoms with Crippen LogP contribution in [0.5, 0.6) is 11.5 Å². The molecule has 6 rings (SSSR count).